The molecule has 46 heavy (non-hydrogen) atoms. The fourth-order valence-electron chi connectivity index (χ4n) is 6.11. The maximum atomic E-state index is 14.0. The van der Waals surface area contributed by atoms with Gasteiger partial charge < -0.3 is 10.4 Å². The summed E-state index contributed by atoms with van der Waals surface area (Å²) in [4.78, 5) is 25.1. The summed E-state index contributed by atoms with van der Waals surface area (Å²) in [6.45, 7) is 8.93. The molecule has 0 unspecified atom stereocenters. The number of anilines is 1. The number of halogens is 1. The third-order valence-corrected chi connectivity index (χ3v) is 8.47. The Kier molecular flexibility index (Phi) is 10.6. The van der Waals surface area contributed by atoms with Gasteiger partial charge >= 0.3 is 5.97 Å². The number of benzene rings is 4. The van der Waals surface area contributed by atoms with Crippen LogP contribution >= 0.6 is 11.6 Å². The zero-order valence-electron chi connectivity index (χ0n) is 27.1. The average Bonchev–Trinajstić information content (AvgIpc) is 3.37. The van der Waals surface area contributed by atoms with Gasteiger partial charge in [0.25, 0.3) is 5.91 Å². The molecule has 0 aliphatic heterocycles. The van der Waals surface area contributed by atoms with Gasteiger partial charge in [-0.1, -0.05) is 93.9 Å². The van der Waals surface area contributed by atoms with Gasteiger partial charge in [-0.05, 0) is 102 Å². The van der Waals surface area contributed by atoms with Crippen LogP contribution in [0.25, 0.3) is 10.9 Å². The van der Waals surface area contributed by atoms with E-state index in [-0.39, 0.29) is 18.4 Å². The molecule has 0 aliphatic carbocycles. The summed E-state index contributed by atoms with van der Waals surface area (Å²) >= 11 is 6.32. The Bertz CT molecular complexity index is 1750. The molecule has 0 saturated carbocycles. The zero-order valence-corrected chi connectivity index (χ0v) is 27.9. The van der Waals surface area contributed by atoms with Crippen LogP contribution in [0.1, 0.15) is 84.8 Å². The number of carbonyl (C=O) groups excluding carboxylic acids is 1. The van der Waals surface area contributed by atoms with Crippen molar-refractivity contribution in [2.45, 2.75) is 65.8 Å². The number of rotatable bonds is 13. The Hall–Kier alpha value is -4.35. The topological polar surface area (TPSA) is 71.3 Å². The van der Waals surface area contributed by atoms with Gasteiger partial charge in [0.05, 0.1) is 11.6 Å². The highest BCUT2D eigenvalue weighted by Gasteiger charge is 2.19. The van der Waals surface area contributed by atoms with Gasteiger partial charge in [0.1, 0.15) is 0 Å². The van der Waals surface area contributed by atoms with Crippen LogP contribution in [0.15, 0.2) is 97.2 Å². The average molecular weight is 635 g/mol. The maximum Gasteiger partial charge on any atom is 0.303 e. The van der Waals surface area contributed by atoms with Crippen LogP contribution in [0.4, 0.5) is 5.69 Å². The second kappa shape index (κ2) is 14.8. The Balaban J connectivity index is 1.46. The first-order valence-corrected chi connectivity index (χ1v) is 16.6. The number of aromatic nitrogens is 1. The Labute approximate surface area is 277 Å². The van der Waals surface area contributed by atoms with Crippen LogP contribution in [-0.2, 0) is 24.1 Å². The molecule has 0 aliphatic rings. The molecule has 0 atom stereocenters. The van der Waals surface area contributed by atoms with Gasteiger partial charge in [0, 0.05) is 34.3 Å². The largest absolute Gasteiger partial charge is 0.481 e. The highest BCUT2D eigenvalue weighted by Crippen LogP contribution is 2.30. The first-order chi connectivity index (χ1) is 22.1. The molecule has 1 heterocycles. The van der Waals surface area contributed by atoms with Crippen molar-refractivity contribution in [3.63, 3.8) is 0 Å². The molecule has 5 nitrogen and oxygen atoms in total. The highest BCUT2D eigenvalue weighted by atomic mass is 35.5. The number of nitrogens with one attached hydrogen (secondary N) is 1. The highest BCUT2D eigenvalue weighted by molar-refractivity contribution is 6.31. The van der Waals surface area contributed by atoms with E-state index in [1.165, 1.54) is 11.1 Å². The van der Waals surface area contributed by atoms with Crippen LogP contribution in [-0.4, -0.2) is 21.6 Å². The fourth-order valence-corrected chi connectivity index (χ4v) is 6.28. The van der Waals surface area contributed by atoms with Crippen molar-refractivity contribution < 1.29 is 14.7 Å². The van der Waals surface area contributed by atoms with E-state index in [1.54, 1.807) is 10.6 Å². The molecule has 5 rings (SSSR count). The molecular weight excluding hydrogens is 592 g/mol. The minimum Gasteiger partial charge on any atom is -0.481 e. The van der Waals surface area contributed by atoms with Crippen molar-refractivity contribution in [1.82, 2.24) is 4.57 Å². The summed E-state index contributed by atoms with van der Waals surface area (Å²) in [5, 5.41) is 14.3. The minimum atomic E-state index is -0.835. The smallest absolute Gasteiger partial charge is 0.303 e. The lowest BCUT2D eigenvalue weighted by Gasteiger charge is -2.22. The normalized spacial score (nSPS) is 11.6. The van der Waals surface area contributed by atoms with Crippen molar-refractivity contribution in [3.05, 3.63) is 136 Å². The quantitative estimate of drug-likeness (QED) is 0.135. The zero-order chi connectivity index (χ0) is 32.8. The molecule has 0 saturated heterocycles. The van der Waals surface area contributed by atoms with Crippen molar-refractivity contribution in [2.24, 2.45) is 11.8 Å². The number of aryl methyl sites for hydroxylation is 1. The molecule has 4 aromatic carbocycles. The number of nitrogens with zero attached hydrogens (tertiary/aromatic N) is 1. The lowest BCUT2D eigenvalue weighted by molar-refractivity contribution is -0.137. The molecule has 238 valence electrons. The summed E-state index contributed by atoms with van der Waals surface area (Å²) in [7, 11) is 0. The van der Waals surface area contributed by atoms with E-state index in [9.17, 15) is 9.59 Å². The number of carbonyl (C=O) groups is 2. The standard InChI is InChI=1S/C40H43ClN2O3/c1-26(2)21-28-11-15-30(16-12-28)39(31-17-13-29(14-18-31)22-27(3)4)42-35-9-5-7-32(23-35)40(46)43-25-33(8-6-10-38(44)45)36-24-34(41)19-20-37(36)43/h5,7,9,11-20,23-27,39,42H,6,8,10,21-22H2,1-4H3,(H,44,45). The lowest BCUT2D eigenvalue weighted by atomic mass is 9.93. The molecule has 0 spiro atoms. The number of carboxylic acids is 1. The molecule has 2 N–H and O–H groups in total. The van der Waals surface area contributed by atoms with Crippen LogP contribution in [0.3, 0.4) is 0 Å². The maximum absolute atomic E-state index is 14.0. The molecule has 6 heteroatoms. The van der Waals surface area contributed by atoms with E-state index < -0.39 is 5.97 Å². The summed E-state index contributed by atoms with van der Waals surface area (Å²) in [5.74, 6) is 0.180. The predicted octanol–water partition coefficient (Wildman–Crippen LogP) is 9.99. The number of hydrogen-bond donors (Lipinski definition) is 2. The fraction of sp³-hybridized carbons (Fsp3) is 0.300. The van der Waals surface area contributed by atoms with Gasteiger partial charge in [-0.15, -0.1) is 0 Å². The lowest BCUT2D eigenvalue weighted by Crippen LogP contribution is -2.14. The van der Waals surface area contributed by atoms with E-state index in [1.807, 2.05) is 42.6 Å². The predicted molar refractivity (Wildman–Crippen MR) is 189 cm³/mol. The molecule has 1 aromatic heterocycles. The van der Waals surface area contributed by atoms with Crippen LogP contribution in [0.2, 0.25) is 5.02 Å². The van der Waals surface area contributed by atoms with Gasteiger partial charge in [0.2, 0.25) is 0 Å². The van der Waals surface area contributed by atoms with E-state index in [4.69, 9.17) is 16.7 Å². The van der Waals surface area contributed by atoms with Gasteiger partial charge in [-0.2, -0.15) is 0 Å². The second-order valence-corrected chi connectivity index (χ2v) is 13.5. The molecule has 5 aromatic rings. The van der Waals surface area contributed by atoms with Crippen LogP contribution in [0.5, 0.6) is 0 Å². The Morgan fingerprint density at radius 1 is 0.804 bits per heavy atom. The monoisotopic (exact) mass is 634 g/mol. The van der Waals surface area contributed by atoms with E-state index in [0.29, 0.717) is 35.3 Å². The molecule has 0 radical (unpaired) electrons. The molecule has 0 amide bonds. The first-order valence-electron chi connectivity index (χ1n) is 16.2. The SMILES string of the molecule is CC(C)Cc1ccc(C(Nc2cccc(C(=O)n3cc(CCCC(=O)O)c4cc(Cl)ccc43)c2)c2ccc(CC(C)C)cc2)cc1. The van der Waals surface area contributed by atoms with E-state index in [0.717, 1.165) is 46.1 Å². The molecule has 0 bridgehead atoms. The van der Waals surface area contributed by atoms with Crippen LogP contribution < -0.4 is 5.32 Å². The summed E-state index contributed by atoms with van der Waals surface area (Å²) < 4.78 is 1.65. The van der Waals surface area contributed by atoms with Crippen molar-refractivity contribution in [1.29, 1.82) is 0 Å². The third-order valence-electron chi connectivity index (χ3n) is 8.24. The number of carboxylic acid groups (broad SMARTS) is 1. The number of fused-ring (bicyclic) bond motifs is 1. The van der Waals surface area contributed by atoms with Crippen molar-refractivity contribution in [2.75, 3.05) is 5.32 Å². The van der Waals surface area contributed by atoms with Crippen LogP contribution in [0, 0.1) is 11.8 Å². The third kappa shape index (κ3) is 8.27. The summed E-state index contributed by atoms with van der Waals surface area (Å²) in [5.41, 5.74) is 7.99. The van der Waals surface area contributed by atoms with Gasteiger partial charge in [0.15, 0.2) is 0 Å². The van der Waals surface area contributed by atoms with Crippen molar-refractivity contribution in [3.8, 4) is 0 Å². The van der Waals surface area contributed by atoms with Gasteiger partial charge in [-0.3, -0.25) is 14.2 Å². The van der Waals surface area contributed by atoms with Gasteiger partial charge in [-0.25, -0.2) is 0 Å². The molecular formula is C40H43ClN2O3. The van der Waals surface area contributed by atoms with E-state index in [2.05, 4.69) is 81.5 Å². The molecule has 0 fully saturated rings. The Morgan fingerprint density at radius 2 is 1.41 bits per heavy atom. The minimum absolute atomic E-state index is 0.0664. The number of aliphatic carboxylic acids is 1. The summed E-state index contributed by atoms with van der Waals surface area (Å²) in [6, 6.07) is 30.7. The van der Waals surface area contributed by atoms with Crippen molar-refractivity contribution >= 4 is 40.1 Å². The van der Waals surface area contributed by atoms with E-state index >= 15 is 0 Å². The Morgan fingerprint density at radius 3 is 1.98 bits per heavy atom. The second-order valence-electron chi connectivity index (χ2n) is 13.1. The first kappa shape index (κ1) is 33.0. The number of hydrogen-bond acceptors (Lipinski definition) is 3. The summed E-state index contributed by atoms with van der Waals surface area (Å²) in [6.07, 6.45) is 4.98.